The maximum atomic E-state index is 3.70. The van der Waals surface area contributed by atoms with E-state index in [1.165, 1.54) is 10.8 Å². The van der Waals surface area contributed by atoms with Crippen LogP contribution in [0.2, 0.25) is 0 Å². The van der Waals surface area contributed by atoms with E-state index in [1.54, 1.807) is 0 Å². The quantitative estimate of drug-likeness (QED) is 0.700. The fraction of sp³-hybridized carbons (Fsp3) is 0.167. The van der Waals surface area contributed by atoms with E-state index in [-0.39, 0.29) is 0 Å². The third kappa shape index (κ3) is 2.22. The summed E-state index contributed by atoms with van der Waals surface area (Å²) in [6.07, 6.45) is 11.9. The molecule has 1 heteroatoms. The standard InChI is InChI=1S/C12H15N/c1-4-6-8-12-11(7-5-2)10(3)9-13-12/h4-9,13H,2H2,1,3H3/b6-4-,11-7-,12-8+. The molecule has 0 amide bonds. The first-order chi connectivity index (χ1) is 6.29. The number of rotatable bonds is 2. The molecule has 0 aliphatic heterocycles. The Bertz CT molecular complexity index is 418. The summed E-state index contributed by atoms with van der Waals surface area (Å²) in [7, 11) is 0. The zero-order chi connectivity index (χ0) is 9.68. The van der Waals surface area contributed by atoms with Crippen molar-refractivity contribution in [3.05, 3.63) is 47.1 Å². The van der Waals surface area contributed by atoms with Gasteiger partial charge in [0.15, 0.2) is 0 Å². The van der Waals surface area contributed by atoms with E-state index in [9.17, 15) is 0 Å². The summed E-state index contributed by atoms with van der Waals surface area (Å²) in [5, 5.41) is 2.35. The Kier molecular flexibility index (Phi) is 3.32. The molecule has 0 aliphatic carbocycles. The molecule has 0 spiro atoms. The van der Waals surface area contributed by atoms with Crippen LogP contribution in [0.3, 0.4) is 0 Å². The van der Waals surface area contributed by atoms with E-state index < -0.39 is 0 Å². The molecular formula is C12H15N. The Balaban J connectivity index is 3.39. The first kappa shape index (κ1) is 9.59. The fourth-order valence-electron chi connectivity index (χ4n) is 1.22. The monoisotopic (exact) mass is 173 g/mol. The maximum absolute atomic E-state index is 3.70. The van der Waals surface area contributed by atoms with Crippen LogP contribution in [0.15, 0.2) is 31.0 Å². The molecule has 0 unspecified atom stereocenters. The second kappa shape index (κ2) is 4.51. The SMILES string of the molecule is C=C/C=c1/c(C)c[nH]/c1=C/C=C\C. The highest BCUT2D eigenvalue weighted by Crippen LogP contribution is 1.81. The number of nitrogens with one attached hydrogen (secondary N) is 1. The first-order valence-corrected chi connectivity index (χ1v) is 4.39. The van der Waals surface area contributed by atoms with Crippen molar-refractivity contribution >= 4 is 12.2 Å². The number of hydrogen-bond donors (Lipinski definition) is 1. The molecule has 1 aromatic heterocycles. The van der Waals surface area contributed by atoms with Crippen molar-refractivity contribution in [2.24, 2.45) is 0 Å². The summed E-state index contributed by atoms with van der Waals surface area (Å²) < 4.78 is 0. The second-order valence-corrected chi connectivity index (χ2v) is 2.89. The van der Waals surface area contributed by atoms with Crippen LogP contribution in [-0.4, -0.2) is 4.98 Å². The van der Waals surface area contributed by atoms with Gasteiger partial charge in [0.05, 0.1) is 0 Å². The van der Waals surface area contributed by atoms with Crippen LogP contribution in [-0.2, 0) is 0 Å². The average molecular weight is 173 g/mol. The minimum absolute atomic E-state index is 1.13. The highest BCUT2D eigenvalue weighted by molar-refractivity contribution is 5.43. The molecule has 1 nitrogen and oxygen atoms in total. The Morgan fingerprint density at radius 2 is 2.15 bits per heavy atom. The summed E-state index contributed by atoms with van der Waals surface area (Å²) in [4.78, 5) is 3.21. The third-order valence-electron chi connectivity index (χ3n) is 1.90. The fourth-order valence-corrected chi connectivity index (χ4v) is 1.22. The van der Waals surface area contributed by atoms with Crippen molar-refractivity contribution in [2.75, 3.05) is 0 Å². The molecule has 0 aromatic carbocycles. The Hall–Kier alpha value is -1.50. The molecular weight excluding hydrogens is 158 g/mol. The van der Waals surface area contributed by atoms with Crippen molar-refractivity contribution in [2.45, 2.75) is 13.8 Å². The van der Waals surface area contributed by atoms with E-state index in [4.69, 9.17) is 0 Å². The molecule has 0 saturated heterocycles. The Morgan fingerprint density at radius 1 is 1.38 bits per heavy atom. The highest BCUT2D eigenvalue weighted by atomic mass is 14.7. The number of aromatic amines is 1. The van der Waals surface area contributed by atoms with Crippen molar-refractivity contribution < 1.29 is 0 Å². The summed E-state index contributed by atoms with van der Waals surface area (Å²) in [5.74, 6) is 0. The number of hydrogen-bond acceptors (Lipinski definition) is 0. The average Bonchev–Trinajstić information content (AvgIpc) is 2.46. The van der Waals surface area contributed by atoms with E-state index in [0.29, 0.717) is 0 Å². The lowest BCUT2D eigenvalue weighted by Crippen LogP contribution is -2.23. The number of aromatic nitrogens is 1. The van der Waals surface area contributed by atoms with Crippen LogP contribution in [0.4, 0.5) is 0 Å². The largest absolute Gasteiger partial charge is 0.361 e. The predicted molar refractivity (Wildman–Crippen MR) is 58.7 cm³/mol. The summed E-state index contributed by atoms with van der Waals surface area (Å²) in [5.41, 5.74) is 1.25. The van der Waals surface area contributed by atoms with Crippen LogP contribution in [0, 0.1) is 6.92 Å². The molecule has 1 rings (SSSR count). The number of H-pyrrole nitrogens is 1. The van der Waals surface area contributed by atoms with Gasteiger partial charge in [0, 0.05) is 16.8 Å². The zero-order valence-corrected chi connectivity index (χ0v) is 8.17. The van der Waals surface area contributed by atoms with E-state index in [0.717, 1.165) is 5.35 Å². The van der Waals surface area contributed by atoms with Crippen molar-refractivity contribution in [1.29, 1.82) is 0 Å². The normalized spacial score (nSPS) is 14.3. The van der Waals surface area contributed by atoms with Crippen molar-refractivity contribution in [1.82, 2.24) is 4.98 Å². The molecule has 0 radical (unpaired) electrons. The smallest absolute Gasteiger partial charge is 0.0456 e. The maximum Gasteiger partial charge on any atom is 0.0456 e. The number of allylic oxidation sites excluding steroid dienone is 3. The van der Waals surface area contributed by atoms with Gasteiger partial charge in [0.25, 0.3) is 0 Å². The molecule has 68 valence electrons. The highest BCUT2D eigenvalue weighted by Gasteiger charge is 1.89. The van der Waals surface area contributed by atoms with E-state index >= 15 is 0 Å². The van der Waals surface area contributed by atoms with Crippen molar-refractivity contribution in [3.8, 4) is 0 Å². The Labute approximate surface area is 78.8 Å². The summed E-state index contributed by atoms with van der Waals surface area (Å²) >= 11 is 0. The van der Waals surface area contributed by atoms with Gasteiger partial charge in [-0.25, -0.2) is 0 Å². The molecule has 1 heterocycles. The molecule has 0 bridgehead atoms. The van der Waals surface area contributed by atoms with E-state index in [2.05, 4.69) is 24.6 Å². The van der Waals surface area contributed by atoms with Crippen LogP contribution in [0.1, 0.15) is 12.5 Å². The topological polar surface area (TPSA) is 15.8 Å². The summed E-state index contributed by atoms with van der Waals surface area (Å²) in [6.45, 7) is 7.78. The van der Waals surface area contributed by atoms with Crippen LogP contribution in [0.25, 0.3) is 12.2 Å². The van der Waals surface area contributed by atoms with Crippen LogP contribution < -0.4 is 10.6 Å². The van der Waals surface area contributed by atoms with Gasteiger partial charge in [-0.15, -0.1) is 0 Å². The zero-order valence-electron chi connectivity index (χ0n) is 8.17. The summed E-state index contributed by atoms with van der Waals surface area (Å²) in [6, 6.07) is 0. The van der Waals surface area contributed by atoms with Gasteiger partial charge in [-0.3, -0.25) is 0 Å². The molecule has 0 fully saturated rings. The lowest BCUT2D eigenvalue weighted by atomic mass is 10.2. The van der Waals surface area contributed by atoms with E-state index in [1.807, 2.05) is 37.4 Å². The van der Waals surface area contributed by atoms with Gasteiger partial charge >= 0.3 is 0 Å². The van der Waals surface area contributed by atoms with Crippen LogP contribution in [0.5, 0.6) is 0 Å². The minimum Gasteiger partial charge on any atom is -0.361 e. The van der Waals surface area contributed by atoms with Crippen molar-refractivity contribution in [3.63, 3.8) is 0 Å². The molecule has 1 N–H and O–H groups in total. The molecule has 0 aliphatic rings. The van der Waals surface area contributed by atoms with Gasteiger partial charge in [-0.1, -0.05) is 30.9 Å². The second-order valence-electron chi connectivity index (χ2n) is 2.89. The minimum atomic E-state index is 1.13. The predicted octanol–water partition coefficient (Wildman–Crippen LogP) is 1.65. The third-order valence-corrected chi connectivity index (χ3v) is 1.90. The number of aryl methyl sites for hydroxylation is 1. The van der Waals surface area contributed by atoms with Gasteiger partial charge in [0.1, 0.15) is 0 Å². The lowest BCUT2D eigenvalue weighted by Gasteiger charge is -1.80. The molecule has 13 heavy (non-hydrogen) atoms. The van der Waals surface area contributed by atoms with Gasteiger partial charge in [-0.2, -0.15) is 0 Å². The van der Waals surface area contributed by atoms with Gasteiger partial charge in [0.2, 0.25) is 0 Å². The molecule has 0 atom stereocenters. The Morgan fingerprint density at radius 3 is 2.77 bits per heavy atom. The van der Waals surface area contributed by atoms with Gasteiger partial charge in [-0.05, 0) is 25.5 Å². The van der Waals surface area contributed by atoms with Gasteiger partial charge < -0.3 is 4.98 Å². The molecule has 1 aromatic rings. The van der Waals surface area contributed by atoms with Crippen LogP contribution >= 0.6 is 0 Å². The lowest BCUT2D eigenvalue weighted by molar-refractivity contribution is 1.32. The molecule has 0 saturated carbocycles. The first-order valence-electron chi connectivity index (χ1n) is 4.39.